The van der Waals surface area contributed by atoms with Crippen LogP contribution in [0.2, 0.25) is 0 Å². The van der Waals surface area contributed by atoms with E-state index in [0.717, 1.165) is 0 Å². The first-order valence-corrected chi connectivity index (χ1v) is 4.88. The standard InChI is InChI=1S/C9H13N3O3/c1-4(2)5-3-6(13)8-10-7(9(14)15)11-12(5)8/h4-6,13H,3H2,1-2H3,(H,14,15)/t5-,6+/m0/s1. The molecule has 0 radical (unpaired) electrons. The van der Waals surface area contributed by atoms with Crippen molar-refractivity contribution in [3.63, 3.8) is 0 Å². The van der Waals surface area contributed by atoms with Gasteiger partial charge in [0.05, 0.1) is 6.04 Å². The van der Waals surface area contributed by atoms with Crippen molar-refractivity contribution < 1.29 is 15.0 Å². The van der Waals surface area contributed by atoms with Crippen molar-refractivity contribution in [1.29, 1.82) is 0 Å². The fraction of sp³-hybridized carbons (Fsp3) is 0.667. The fourth-order valence-electron chi connectivity index (χ4n) is 1.89. The second kappa shape index (κ2) is 3.30. The predicted octanol–water partition coefficient (Wildman–Crippen LogP) is 0.611. The van der Waals surface area contributed by atoms with Crippen molar-refractivity contribution in [3.05, 3.63) is 11.6 Å². The number of hydrogen-bond donors (Lipinski definition) is 2. The van der Waals surface area contributed by atoms with Gasteiger partial charge in [-0.1, -0.05) is 13.8 Å². The molecule has 1 aliphatic rings. The molecule has 2 rings (SSSR count). The van der Waals surface area contributed by atoms with Crippen molar-refractivity contribution in [1.82, 2.24) is 14.8 Å². The monoisotopic (exact) mass is 211 g/mol. The average molecular weight is 211 g/mol. The molecule has 1 aromatic rings. The molecule has 15 heavy (non-hydrogen) atoms. The molecule has 0 unspecified atom stereocenters. The number of carboxylic acids is 1. The Labute approximate surface area is 86.6 Å². The van der Waals surface area contributed by atoms with Gasteiger partial charge >= 0.3 is 5.97 Å². The molecular weight excluding hydrogens is 198 g/mol. The maximum Gasteiger partial charge on any atom is 0.375 e. The lowest BCUT2D eigenvalue weighted by Crippen LogP contribution is -2.13. The third-order valence-corrected chi connectivity index (χ3v) is 2.70. The minimum atomic E-state index is -1.16. The number of aliphatic hydroxyl groups is 1. The van der Waals surface area contributed by atoms with E-state index < -0.39 is 12.1 Å². The van der Waals surface area contributed by atoms with E-state index in [2.05, 4.69) is 10.1 Å². The van der Waals surface area contributed by atoms with E-state index >= 15 is 0 Å². The van der Waals surface area contributed by atoms with Gasteiger partial charge in [-0.25, -0.2) is 14.5 Å². The second-order valence-corrected chi connectivity index (χ2v) is 4.11. The van der Waals surface area contributed by atoms with E-state index in [1.54, 1.807) is 4.68 Å². The number of rotatable bonds is 2. The van der Waals surface area contributed by atoms with Crippen molar-refractivity contribution in [3.8, 4) is 0 Å². The number of nitrogens with zero attached hydrogens (tertiary/aromatic N) is 3. The number of aliphatic hydroxyl groups excluding tert-OH is 1. The summed E-state index contributed by atoms with van der Waals surface area (Å²) in [6.45, 7) is 4.02. The Morgan fingerprint density at radius 1 is 1.60 bits per heavy atom. The highest BCUT2D eigenvalue weighted by atomic mass is 16.4. The van der Waals surface area contributed by atoms with E-state index in [1.165, 1.54) is 0 Å². The minimum absolute atomic E-state index is 0.0376. The number of fused-ring (bicyclic) bond motifs is 1. The number of hydrogen-bond acceptors (Lipinski definition) is 4. The summed E-state index contributed by atoms with van der Waals surface area (Å²) in [5, 5.41) is 22.3. The first kappa shape index (κ1) is 10.1. The van der Waals surface area contributed by atoms with E-state index in [9.17, 15) is 9.90 Å². The van der Waals surface area contributed by atoms with E-state index in [4.69, 9.17) is 5.11 Å². The lowest BCUT2D eigenvalue weighted by Gasteiger charge is -2.14. The van der Waals surface area contributed by atoms with Crippen LogP contribution in [-0.2, 0) is 0 Å². The van der Waals surface area contributed by atoms with Crippen molar-refractivity contribution in [2.24, 2.45) is 5.92 Å². The third-order valence-electron chi connectivity index (χ3n) is 2.70. The van der Waals surface area contributed by atoms with Gasteiger partial charge in [0.1, 0.15) is 6.10 Å². The van der Waals surface area contributed by atoms with E-state index in [0.29, 0.717) is 18.2 Å². The molecule has 0 bridgehead atoms. The molecule has 1 aliphatic heterocycles. The quantitative estimate of drug-likeness (QED) is 0.748. The van der Waals surface area contributed by atoms with Gasteiger partial charge in [0.2, 0.25) is 0 Å². The van der Waals surface area contributed by atoms with Crippen LogP contribution in [-0.4, -0.2) is 30.9 Å². The van der Waals surface area contributed by atoms with Crippen LogP contribution in [0.5, 0.6) is 0 Å². The normalized spacial score (nSPS) is 24.5. The Morgan fingerprint density at radius 3 is 2.80 bits per heavy atom. The van der Waals surface area contributed by atoms with Gasteiger partial charge in [-0.15, -0.1) is 5.10 Å². The molecule has 6 heteroatoms. The molecule has 0 aliphatic carbocycles. The molecule has 0 fully saturated rings. The Hall–Kier alpha value is -1.43. The van der Waals surface area contributed by atoms with Crippen molar-refractivity contribution in [2.45, 2.75) is 32.4 Å². The molecule has 82 valence electrons. The van der Waals surface area contributed by atoms with Crippen LogP contribution in [0.4, 0.5) is 0 Å². The van der Waals surface area contributed by atoms with E-state index in [-0.39, 0.29) is 11.9 Å². The molecule has 0 spiro atoms. The minimum Gasteiger partial charge on any atom is -0.475 e. The zero-order valence-corrected chi connectivity index (χ0v) is 8.58. The molecule has 2 heterocycles. The van der Waals surface area contributed by atoms with Crippen LogP contribution in [0.1, 0.15) is 48.9 Å². The van der Waals surface area contributed by atoms with Gasteiger partial charge in [0.25, 0.3) is 5.82 Å². The van der Waals surface area contributed by atoms with Gasteiger partial charge in [0.15, 0.2) is 5.82 Å². The first-order valence-electron chi connectivity index (χ1n) is 4.88. The maximum absolute atomic E-state index is 10.7. The molecular formula is C9H13N3O3. The summed E-state index contributed by atoms with van der Waals surface area (Å²) in [4.78, 5) is 14.5. The van der Waals surface area contributed by atoms with Gasteiger partial charge < -0.3 is 10.2 Å². The molecule has 6 nitrogen and oxygen atoms in total. The maximum atomic E-state index is 10.7. The van der Waals surface area contributed by atoms with E-state index in [1.807, 2.05) is 13.8 Å². The predicted molar refractivity (Wildman–Crippen MR) is 50.4 cm³/mol. The van der Waals surface area contributed by atoms with Crippen molar-refractivity contribution in [2.75, 3.05) is 0 Å². The smallest absolute Gasteiger partial charge is 0.375 e. The second-order valence-electron chi connectivity index (χ2n) is 4.11. The number of carbonyl (C=O) groups is 1. The van der Waals surface area contributed by atoms with Crippen molar-refractivity contribution >= 4 is 5.97 Å². The number of aromatic nitrogens is 3. The first-order chi connectivity index (χ1) is 7.00. The summed E-state index contributed by atoms with van der Waals surface area (Å²) < 4.78 is 1.54. The molecule has 2 atom stereocenters. The average Bonchev–Trinajstić information content (AvgIpc) is 2.66. The van der Waals surface area contributed by atoms with Crippen LogP contribution in [0.3, 0.4) is 0 Å². The summed E-state index contributed by atoms with van der Waals surface area (Å²) in [6, 6.07) is 0.0376. The molecule has 0 aromatic carbocycles. The zero-order chi connectivity index (χ0) is 11.2. The summed E-state index contributed by atoms with van der Waals surface area (Å²) in [6.07, 6.45) is -0.134. The molecule has 1 aromatic heterocycles. The fourth-order valence-corrected chi connectivity index (χ4v) is 1.89. The molecule has 2 N–H and O–H groups in total. The Kier molecular flexibility index (Phi) is 2.22. The van der Waals surface area contributed by atoms with Crippen LogP contribution < -0.4 is 0 Å². The Morgan fingerprint density at radius 2 is 2.27 bits per heavy atom. The number of aromatic carboxylic acids is 1. The molecule has 0 saturated heterocycles. The molecule has 0 amide bonds. The van der Waals surface area contributed by atoms with Crippen LogP contribution >= 0.6 is 0 Å². The summed E-state index contributed by atoms with van der Waals surface area (Å²) in [7, 11) is 0. The SMILES string of the molecule is CC(C)[C@@H]1C[C@@H](O)c2nc(C(=O)O)nn21. The third kappa shape index (κ3) is 1.50. The highest BCUT2D eigenvalue weighted by molar-refractivity contribution is 5.82. The number of carboxylic acid groups (broad SMARTS) is 1. The highest BCUT2D eigenvalue weighted by Gasteiger charge is 2.35. The molecule has 0 saturated carbocycles. The lowest BCUT2D eigenvalue weighted by molar-refractivity contribution is 0.0681. The lowest BCUT2D eigenvalue weighted by atomic mass is 10.0. The van der Waals surface area contributed by atoms with Gasteiger partial charge in [0, 0.05) is 6.42 Å². The Bertz CT molecular complexity index is 399. The van der Waals surface area contributed by atoms with Crippen LogP contribution in [0, 0.1) is 5.92 Å². The summed E-state index contributed by atoms with van der Waals surface area (Å²) in [5.41, 5.74) is 0. The zero-order valence-electron chi connectivity index (χ0n) is 8.58. The van der Waals surface area contributed by atoms with Crippen LogP contribution in [0.15, 0.2) is 0 Å². The van der Waals surface area contributed by atoms with Gasteiger partial charge in [-0.2, -0.15) is 0 Å². The van der Waals surface area contributed by atoms with Crippen LogP contribution in [0.25, 0.3) is 0 Å². The summed E-state index contributed by atoms with van der Waals surface area (Å²) in [5.74, 6) is -0.739. The largest absolute Gasteiger partial charge is 0.475 e. The topological polar surface area (TPSA) is 88.2 Å². The van der Waals surface area contributed by atoms with Gasteiger partial charge in [-0.3, -0.25) is 0 Å². The highest BCUT2D eigenvalue weighted by Crippen LogP contribution is 2.36. The summed E-state index contributed by atoms with van der Waals surface area (Å²) >= 11 is 0. The van der Waals surface area contributed by atoms with Gasteiger partial charge in [-0.05, 0) is 5.92 Å². The Balaban J connectivity index is 2.41.